The first-order valence-corrected chi connectivity index (χ1v) is 9.51. The van der Waals surface area contributed by atoms with E-state index in [4.69, 9.17) is 4.42 Å². The van der Waals surface area contributed by atoms with Crippen LogP contribution in [0.15, 0.2) is 45.5 Å². The van der Waals surface area contributed by atoms with Crippen molar-refractivity contribution in [1.82, 2.24) is 0 Å². The molecule has 1 aromatic heterocycles. The SMILES string of the molecule is O=C(Nc1cccc(C2SCCCS2)c1)c1ccc(Br)o1. The molecule has 6 heteroatoms. The van der Waals surface area contributed by atoms with E-state index >= 15 is 0 Å². The van der Waals surface area contributed by atoms with E-state index in [2.05, 4.69) is 27.3 Å². The molecule has 1 aliphatic heterocycles. The van der Waals surface area contributed by atoms with E-state index in [1.54, 1.807) is 12.1 Å². The first-order valence-electron chi connectivity index (χ1n) is 6.62. The van der Waals surface area contributed by atoms with Crippen LogP contribution in [-0.2, 0) is 0 Å². The third kappa shape index (κ3) is 3.87. The molecule has 0 unspecified atom stereocenters. The Hall–Kier alpha value is -0.850. The van der Waals surface area contributed by atoms with Gasteiger partial charge in [-0.05, 0) is 63.7 Å². The standard InChI is InChI=1S/C15H14BrNO2S2/c16-13-6-5-12(19-13)14(18)17-11-4-1-3-10(9-11)15-20-7-2-8-21-15/h1,3-6,9,15H,2,7-8H2,(H,17,18). The Kier molecular flexibility index (Phi) is 4.98. The van der Waals surface area contributed by atoms with Crippen LogP contribution in [0.4, 0.5) is 5.69 Å². The molecule has 0 atom stereocenters. The number of hydrogen-bond acceptors (Lipinski definition) is 4. The lowest BCUT2D eigenvalue weighted by molar-refractivity contribution is 0.0995. The van der Waals surface area contributed by atoms with E-state index in [1.165, 1.54) is 23.5 Å². The van der Waals surface area contributed by atoms with Crippen molar-refractivity contribution in [1.29, 1.82) is 0 Å². The smallest absolute Gasteiger partial charge is 0.291 e. The summed E-state index contributed by atoms with van der Waals surface area (Å²) >= 11 is 7.14. The molecule has 1 saturated heterocycles. The molecule has 1 N–H and O–H groups in total. The highest BCUT2D eigenvalue weighted by Crippen LogP contribution is 2.44. The quantitative estimate of drug-likeness (QED) is 0.794. The summed E-state index contributed by atoms with van der Waals surface area (Å²) in [6.07, 6.45) is 1.27. The number of thioether (sulfide) groups is 2. The number of carbonyl (C=O) groups is 1. The molecule has 3 rings (SSSR count). The highest BCUT2D eigenvalue weighted by atomic mass is 79.9. The zero-order valence-electron chi connectivity index (χ0n) is 11.2. The number of amides is 1. The molecule has 0 saturated carbocycles. The van der Waals surface area contributed by atoms with Gasteiger partial charge in [0, 0.05) is 5.69 Å². The number of nitrogens with one attached hydrogen (secondary N) is 1. The van der Waals surface area contributed by atoms with Crippen LogP contribution < -0.4 is 5.32 Å². The second kappa shape index (κ2) is 6.94. The largest absolute Gasteiger partial charge is 0.444 e. The van der Waals surface area contributed by atoms with Crippen molar-refractivity contribution < 1.29 is 9.21 Å². The van der Waals surface area contributed by atoms with Gasteiger partial charge in [-0.2, -0.15) is 0 Å². The summed E-state index contributed by atoms with van der Waals surface area (Å²) in [5.41, 5.74) is 2.06. The zero-order valence-corrected chi connectivity index (χ0v) is 14.4. The van der Waals surface area contributed by atoms with Gasteiger partial charge in [-0.25, -0.2) is 0 Å². The van der Waals surface area contributed by atoms with Gasteiger partial charge in [0.1, 0.15) is 0 Å². The summed E-state index contributed by atoms with van der Waals surface area (Å²) in [6, 6.07) is 11.4. The van der Waals surface area contributed by atoms with Crippen LogP contribution in [0, 0.1) is 0 Å². The summed E-state index contributed by atoms with van der Waals surface area (Å²) in [5.74, 6) is 2.47. The van der Waals surface area contributed by atoms with Gasteiger partial charge < -0.3 is 9.73 Å². The molecule has 0 spiro atoms. The summed E-state index contributed by atoms with van der Waals surface area (Å²) in [7, 11) is 0. The molecule has 2 aromatic rings. The summed E-state index contributed by atoms with van der Waals surface area (Å²) < 4.78 is 6.28. The number of anilines is 1. The van der Waals surface area contributed by atoms with E-state index < -0.39 is 0 Å². The number of benzene rings is 1. The van der Waals surface area contributed by atoms with E-state index in [0.29, 0.717) is 15.0 Å². The molecule has 3 nitrogen and oxygen atoms in total. The number of halogens is 1. The Morgan fingerprint density at radius 2 is 2.05 bits per heavy atom. The van der Waals surface area contributed by atoms with E-state index in [1.807, 2.05) is 41.7 Å². The van der Waals surface area contributed by atoms with E-state index in [9.17, 15) is 4.79 Å². The molecule has 1 aromatic carbocycles. The Morgan fingerprint density at radius 1 is 1.24 bits per heavy atom. The topological polar surface area (TPSA) is 42.2 Å². The summed E-state index contributed by atoms with van der Waals surface area (Å²) in [5, 5.41) is 2.88. The number of hydrogen-bond donors (Lipinski definition) is 1. The van der Waals surface area contributed by atoms with Crippen LogP contribution in [0.25, 0.3) is 0 Å². The van der Waals surface area contributed by atoms with Crippen LogP contribution in [0.1, 0.15) is 27.1 Å². The molecule has 0 bridgehead atoms. The first-order chi connectivity index (χ1) is 10.2. The van der Waals surface area contributed by atoms with Crippen molar-refractivity contribution in [2.24, 2.45) is 0 Å². The van der Waals surface area contributed by atoms with Crippen LogP contribution in [-0.4, -0.2) is 17.4 Å². The summed E-state index contributed by atoms with van der Waals surface area (Å²) in [4.78, 5) is 12.1. The van der Waals surface area contributed by atoms with Crippen LogP contribution in [0.3, 0.4) is 0 Å². The van der Waals surface area contributed by atoms with Gasteiger partial charge in [0.15, 0.2) is 10.4 Å². The normalized spacial score (nSPS) is 15.9. The second-order valence-electron chi connectivity index (χ2n) is 4.61. The predicted octanol–water partition coefficient (Wildman–Crippen LogP) is 5.16. The van der Waals surface area contributed by atoms with Gasteiger partial charge in [0.05, 0.1) is 4.58 Å². The van der Waals surface area contributed by atoms with Gasteiger partial charge in [-0.1, -0.05) is 12.1 Å². The van der Waals surface area contributed by atoms with Gasteiger partial charge >= 0.3 is 0 Å². The monoisotopic (exact) mass is 383 g/mol. The van der Waals surface area contributed by atoms with Gasteiger partial charge in [0.25, 0.3) is 5.91 Å². The van der Waals surface area contributed by atoms with Gasteiger partial charge in [-0.15, -0.1) is 23.5 Å². The van der Waals surface area contributed by atoms with Gasteiger partial charge in [0.2, 0.25) is 0 Å². The predicted molar refractivity (Wildman–Crippen MR) is 93.1 cm³/mol. The average molecular weight is 384 g/mol. The Balaban J connectivity index is 1.72. The molecular weight excluding hydrogens is 370 g/mol. The van der Waals surface area contributed by atoms with Crippen molar-refractivity contribution in [3.05, 3.63) is 52.4 Å². The average Bonchev–Trinajstić information content (AvgIpc) is 2.95. The van der Waals surface area contributed by atoms with E-state index in [-0.39, 0.29) is 5.91 Å². The maximum Gasteiger partial charge on any atom is 0.291 e. The summed E-state index contributed by atoms with van der Waals surface area (Å²) in [6.45, 7) is 0. The van der Waals surface area contributed by atoms with Crippen molar-refractivity contribution in [2.75, 3.05) is 16.8 Å². The fraction of sp³-hybridized carbons (Fsp3) is 0.267. The Morgan fingerprint density at radius 3 is 2.76 bits per heavy atom. The van der Waals surface area contributed by atoms with Crippen LogP contribution in [0.2, 0.25) is 0 Å². The molecule has 1 fully saturated rings. The minimum atomic E-state index is -0.234. The fourth-order valence-corrected chi connectivity index (χ4v) is 5.25. The molecule has 2 heterocycles. The van der Waals surface area contributed by atoms with Crippen molar-refractivity contribution in [3.63, 3.8) is 0 Å². The first kappa shape index (κ1) is 15.1. The highest BCUT2D eigenvalue weighted by molar-refractivity contribution is 9.10. The molecule has 1 amide bonds. The maximum absolute atomic E-state index is 12.1. The second-order valence-corrected chi connectivity index (χ2v) is 8.12. The molecule has 0 radical (unpaired) electrons. The van der Waals surface area contributed by atoms with Crippen LogP contribution in [0.5, 0.6) is 0 Å². The number of rotatable bonds is 3. The van der Waals surface area contributed by atoms with Crippen molar-refractivity contribution in [3.8, 4) is 0 Å². The maximum atomic E-state index is 12.1. The Bertz CT molecular complexity index is 638. The minimum absolute atomic E-state index is 0.234. The zero-order chi connectivity index (χ0) is 14.7. The molecular formula is C15H14BrNO2S2. The number of furan rings is 1. The molecule has 0 aliphatic carbocycles. The number of carbonyl (C=O) groups excluding carboxylic acids is 1. The minimum Gasteiger partial charge on any atom is -0.444 e. The lowest BCUT2D eigenvalue weighted by atomic mass is 10.2. The van der Waals surface area contributed by atoms with E-state index in [0.717, 1.165) is 5.69 Å². The molecule has 21 heavy (non-hydrogen) atoms. The molecule has 1 aliphatic rings. The van der Waals surface area contributed by atoms with Crippen molar-refractivity contribution in [2.45, 2.75) is 11.0 Å². The fourth-order valence-electron chi connectivity index (χ4n) is 2.07. The highest BCUT2D eigenvalue weighted by Gasteiger charge is 2.17. The third-order valence-electron chi connectivity index (χ3n) is 3.04. The van der Waals surface area contributed by atoms with Crippen LogP contribution >= 0.6 is 39.5 Å². The van der Waals surface area contributed by atoms with Crippen molar-refractivity contribution >= 4 is 51.0 Å². The lowest BCUT2D eigenvalue weighted by Gasteiger charge is -2.21. The Labute approximate surface area is 140 Å². The van der Waals surface area contributed by atoms with Gasteiger partial charge in [-0.3, -0.25) is 4.79 Å². The lowest BCUT2D eigenvalue weighted by Crippen LogP contribution is -2.11. The third-order valence-corrected chi connectivity index (χ3v) is 6.48. The molecule has 110 valence electrons.